The maximum atomic E-state index is 11.6. The number of carboxylic acids is 1. The van der Waals surface area contributed by atoms with Crippen LogP contribution in [-0.4, -0.2) is 61.8 Å². The molecule has 4 atom stereocenters. The molecule has 1 rings (SSSR count). The van der Waals surface area contributed by atoms with Crippen LogP contribution < -0.4 is 56.5 Å². The van der Waals surface area contributed by atoms with E-state index in [4.69, 9.17) is 10.2 Å². The molecule has 8 nitrogen and oxygen atoms in total. The van der Waals surface area contributed by atoms with Crippen LogP contribution in [-0.2, 0) is 11.3 Å². The summed E-state index contributed by atoms with van der Waals surface area (Å²) >= 11 is 0. The summed E-state index contributed by atoms with van der Waals surface area (Å²) in [5, 5.41) is 57.7. The van der Waals surface area contributed by atoms with Crippen LogP contribution in [0.15, 0.2) is 35.8 Å². The van der Waals surface area contributed by atoms with Gasteiger partial charge in [0.15, 0.2) is 6.10 Å². The molecular weight excluding hydrogens is 345 g/mol. The Morgan fingerprint density at radius 1 is 1.12 bits per heavy atom. The SMILES string of the molecule is C=Cc1ccc(CN=C([O-])[C@H](O)[C@@H](O)[C@H](O)[C@H](O)C(=O)O)cc1.[K+]. The van der Waals surface area contributed by atoms with Gasteiger partial charge in [0.1, 0.15) is 18.3 Å². The molecule has 0 fully saturated rings. The van der Waals surface area contributed by atoms with E-state index in [1.54, 1.807) is 30.3 Å². The van der Waals surface area contributed by atoms with E-state index in [9.17, 15) is 25.2 Å². The number of aliphatic hydroxyl groups is 4. The molecule has 0 saturated carbocycles. The largest absolute Gasteiger partial charge is 1.00 e. The van der Waals surface area contributed by atoms with E-state index in [-0.39, 0.29) is 57.9 Å². The number of rotatable bonds is 8. The van der Waals surface area contributed by atoms with E-state index in [2.05, 4.69) is 11.6 Å². The van der Waals surface area contributed by atoms with Crippen LogP contribution >= 0.6 is 0 Å². The van der Waals surface area contributed by atoms with E-state index < -0.39 is 36.3 Å². The van der Waals surface area contributed by atoms with Crippen LogP contribution in [0.2, 0.25) is 0 Å². The Morgan fingerprint density at radius 2 is 1.62 bits per heavy atom. The normalized spacial score (nSPS) is 16.4. The summed E-state index contributed by atoms with van der Waals surface area (Å²) in [5.74, 6) is -2.93. The summed E-state index contributed by atoms with van der Waals surface area (Å²) in [6, 6.07) is 6.89. The summed E-state index contributed by atoms with van der Waals surface area (Å²) in [7, 11) is 0. The fourth-order valence-electron chi connectivity index (χ4n) is 1.69. The summed E-state index contributed by atoms with van der Waals surface area (Å²) in [4.78, 5) is 14.0. The fourth-order valence-corrected chi connectivity index (χ4v) is 1.69. The minimum absolute atomic E-state index is 0. The average molecular weight is 363 g/mol. The van der Waals surface area contributed by atoms with Crippen LogP contribution in [0.3, 0.4) is 0 Å². The van der Waals surface area contributed by atoms with Gasteiger partial charge in [0.2, 0.25) is 0 Å². The van der Waals surface area contributed by atoms with Crippen LogP contribution in [0, 0.1) is 0 Å². The topological polar surface area (TPSA) is 154 Å². The monoisotopic (exact) mass is 363 g/mol. The van der Waals surface area contributed by atoms with Crippen molar-refractivity contribution in [1.82, 2.24) is 0 Å². The quantitative estimate of drug-likeness (QED) is 0.176. The van der Waals surface area contributed by atoms with E-state index >= 15 is 0 Å². The van der Waals surface area contributed by atoms with Gasteiger partial charge in [-0.1, -0.05) is 36.9 Å². The van der Waals surface area contributed by atoms with Crippen LogP contribution in [0.5, 0.6) is 0 Å². The maximum Gasteiger partial charge on any atom is 1.00 e. The number of aliphatic imine (C=N–C) groups is 1. The molecule has 0 aliphatic heterocycles. The molecule has 0 aromatic heterocycles. The molecule has 9 heteroatoms. The molecule has 0 radical (unpaired) electrons. The Hall–Kier alpha value is -0.624. The predicted octanol–water partition coefficient (Wildman–Crippen LogP) is -4.88. The van der Waals surface area contributed by atoms with Gasteiger partial charge < -0.3 is 30.6 Å². The zero-order chi connectivity index (χ0) is 17.6. The van der Waals surface area contributed by atoms with Crippen LogP contribution in [0.25, 0.3) is 6.08 Å². The van der Waals surface area contributed by atoms with Crippen molar-refractivity contribution in [3.63, 3.8) is 0 Å². The molecule has 0 aliphatic carbocycles. The van der Waals surface area contributed by atoms with Crippen molar-refractivity contribution in [2.45, 2.75) is 31.0 Å². The number of carbonyl (C=O) groups is 1. The van der Waals surface area contributed by atoms with Gasteiger partial charge in [-0.2, -0.15) is 0 Å². The second kappa shape index (κ2) is 11.1. The van der Waals surface area contributed by atoms with Crippen LogP contribution in [0.1, 0.15) is 11.1 Å². The third-order valence-corrected chi connectivity index (χ3v) is 3.14. The molecular formula is C15H18KNO7. The number of nitrogens with zero attached hydrogens (tertiary/aromatic N) is 1. The summed E-state index contributed by atoms with van der Waals surface area (Å²) in [6.45, 7) is 3.52. The third kappa shape index (κ3) is 6.71. The number of aliphatic hydroxyl groups excluding tert-OH is 4. The van der Waals surface area contributed by atoms with Crippen molar-refractivity contribution in [3.8, 4) is 0 Å². The zero-order valence-electron chi connectivity index (χ0n) is 13.1. The molecule has 0 heterocycles. The van der Waals surface area contributed by atoms with Crippen molar-refractivity contribution in [1.29, 1.82) is 0 Å². The first-order valence-corrected chi connectivity index (χ1v) is 6.65. The first-order chi connectivity index (χ1) is 10.8. The summed E-state index contributed by atoms with van der Waals surface area (Å²) in [5.41, 5.74) is 1.54. The molecule has 0 saturated heterocycles. The van der Waals surface area contributed by atoms with Gasteiger partial charge in [0.05, 0.1) is 6.54 Å². The Kier molecular flexibility index (Phi) is 10.8. The van der Waals surface area contributed by atoms with Gasteiger partial charge in [-0.3, -0.25) is 4.99 Å². The molecule has 0 amide bonds. The first-order valence-electron chi connectivity index (χ1n) is 6.65. The van der Waals surface area contributed by atoms with E-state index in [0.29, 0.717) is 5.56 Å². The second-order valence-electron chi connectivity index (χ2n) is 4.81. The van der Waals surface area contributed by atoms with Gasteiger partial charge in [-0.25, -0.2) is 4.79 Å². The predicted molar refractivity (Wildman–Crippen MR) is 79.3 cm³/mol. The Balaban J connectivity index is 0.00000529. The molecule has 0 bridgehead atoms. The first kappa shape index (κ1) is 23.4. The summed E-state index contributed by atoms with van der Waals surface area (Å²) < 4.78 is 0. The number of benzene rings is 1. The van der Waals surface area contributed by atoms with Crippen molar-refractivity contribution >= 4 is 17.9 Å². The number of hydrogen-bond acceptors (Lipinski definition) is 7. The minimum atomic E-state index is -2.33. The molecule has 5 N–H and O–H groups in total. The van der Waals surface area contributed by atoms with Crippen molar-refractivity contribution in [2.24, 2.45) is 4.99 Å². The van der Waals surface area contributed by atoms with E-state index in [0.717, 1.165) is 5.56 Å². The van der Waals surface area contributed by atoms with E-state index in [1.807, 2.05) is 0 Å². The van der Waals surface area contributed by atoms with Crippen molar-refractivity contribution in [3.05, 3.63) is 42.0 Å². The third-order valence-electron chi connectivity index (χ3n) is 3.14. The smallest absolute Gasteiger partial charge is 0.860 e. The molecule has 126 valence electrons. The Bertz CT molecular complexity index is 576. The van der Waals surface area contributed by atoms with E-state index in [1.165, 1.54) is 0 Å². The fraction of sp³-hybridized carbons (Fsp3) is 0.333. The summed E-state index contributed by atoms with van der Waals surface area (Å²) in [6.07, 6.45) is -7.25. The molecule has 24 heavy (non-hydrogen) atoms. The Labute approximate surface area is 181 Å². The maximum absolute atomic E-state index is 11.6. The minimum Gasteiger partial charge on any atom is -0.860 e. The number of hydrogen-bond donors (Lipinski definition) is 5. The molecule has 1 aromatic rings. The van der Waals surface area contributed by atoms with Crippen LogP contribution in [0.4, 0.5) is 0 Å². The average Bonchev–Trinajstić information content (AvgIpc) is 2.57. The molecule has 0 spiro atoms. The number of carboxylic acid groups (broad SMARTS) is 1. The van der Waals surface area contributed by atoms with Crippen molar-refractivity contribution in [2.75, 3.05) is 0 Å². The molecule has 0 aliphatic rings. The van der Waals surface area contributed by atoms with Gasteiger partial charge in [0.25, 0.3) is 0 Å². The zero-order valence-corrected chi connectivity index (χ0v) is 16.2. The van der Waals surface area contributed by atoms with Gasteiger partial charge in [-0.15, -0.1) is 0 Å². The van der Waals surface area contributed by atoms with Gasteiger partial charge in [-0.05, 0) is 17.0 Å². The molecule has 1 aromatic carbocycles. The van der Waals surface area contributed by atoms with Gasteiger partial charge >= 0.3 is 57.4 Å². The number of aliphatic carboxylic acids is 1. The Morgan fingerprint density at radius 3 is 2.08 bits per heavy atom. The van der Waals surface area contributed by atoms with Gasteiger partial charge in [0, 0.05) is 0 Å². The van der Waals surface area contributed by atoms with Crippen molar-refractivity contribution < 1.29 is 86.8 Å². The standard InChI is InChI=1S/C15H19NO7.K/c1-2-8-3-5-9(6-4-8)7-16-14(21)12(19)10(17)11(18)13(20)15(22)23;/h2-6,10-13,17-20H,1,7H2,(H,16,21)(H,22,23);/q;+1/p-1/t10-,11-,12+,13-;/m0./s1. The molecule has 0 unspecified atom stereocenters. The second-order valence-corrected chi connectivity index (χ2v) is 4.81.